The Bertz CT molecular complexity index is 1370. The zero-order valence-electron chi connectivity index (χ0n) is 25.8. The van der Waals surface area contributed by atoms with Crippen LogP contribution in [0.4, 0.5) is 0 Å². The maximum Gasteiger partial charge on any atom is 0.277 e. The van der Waals surface area contributed by atoms with E-state index in [0.717, 1.165) is 53.8 Å². The molecular weight excluding hydrogens is 564 g/mol. The fourth-order valence-corrected chi connectivity index (χ4v) is 6.68. The number of amides is 1. The monoisotopic (exact) mass is 608 g/mol. The van der Waals surface area contributed by atoms with E-state index < -0.39 is 24.3 Å². The number of hydrogen-bond acceptors (Lipinski definition) is 9. The van der Waals surface area contributed by atoms with Crippen molar-refractivity contribution in [1.29, 1.82) is 0 Å². The van der Waals surface area contributed by atoms with Crippen molar-refractivity contribution in [3.05, 3.63) is 64.8 Å². The minimum Gasteiger partial charge on any atom is -0.471 e. The molecule has 5 rings (SSSR count). The van der Waals surface area contributed by atoms with E-state index in [-0.39, 0.29) is 23.6 Å². The van der Waals surface area contributed by atoms with Crippen molar-refractivity contribution in [2.24, 2.45) is 5.41 Å². The summed E-state index contributed by atoms with van der Waals surface area (Å²) in [4.78, 5) is 22.2. The number of carbonyl (C=O) groups excluding carboxylic acids is 1. The minimum absolute atomic E-state index is 0.0265. The van der Waals surface area contributed by atoms with Crippen LogP contribution in [0.3, 0.4) is 0 Å². The summed E-state index contributed by atoms with van der Waals surface area (Å²) in [6, 6.07) is 9.62. The maximum atomic E-state index is 13.0. The van der Waals surface area contributed by atoms with Crippen LogP contribution in [0.15, 0.2) is 48.1 Å². The highest BCUT2D eigenvalue weighted by Crippen LogP contribution is 2.48. The van der Waals surface area contributed by atoms with Gasteiger partial charge in [0.1, 0.15) is 10.6 Å². The Balaban J connectivity index is 1.35. The topological polar surface area (TPSA) is 115 Å². The van der Waals surface area contributed by atoms with Crippen LogP contribution >= 0.6 is 11.3 Å². The van der Waals surface area contributed by atoms with Crippen LogP contribution in [-0.4, -0.2) is 65.8 Å². The molecule has 0 unspecified atom stereocenters. The highest BCUT2D eigenvalue weighted by atomic mass is 32.1. The molecule has 10 heteroatoms. The number of aromatic nitrogens is 2. The molecule has 0 saturated heterocycles. The van der Waals surface area contributed by atoms with Crippen molar-refractivity contribution in [3.8, 4) is 16.5 Å². The molecular formula is C33H44N4O5S. The minimum atomic E-state index is -1.07. The highest BCUT2D eigenvalue weighted by Gasteiger charge is 2.46. The van der Waals surface area contributed by atoms with Gasteiger partial charge < -0.3 is 30.0 Å². The maximum absolute atomic E-state index is 13.0. The average molecular weight is 609 g/mol. The van der Waals surface area contributed by atoms with E-state index in [2.05, 4.69) is 48.5 Å². The zero-order chi connectivity index (χ0) is 30.6. The van der Waals surface area contributed by atoms with Crippen LogP contribution in [0.5, 0.6) is 5.88 Å². The number of carbonyl (C=O) groups is 1. The van der Waals surface area contributed by atoms with Crippen LogP contribution in [0.1, 0.15) is 69.2 Å². The lowest BCUT2D eigenvalue weighted by molar-refractivity contribution is -0.160. The number of ether oxygens (including phenoxy) is 3. The molecule has 0 bridgehead atoms. The Kier molecular flexibility index (Phi) is 9.83. The first-order valence-electron chi connectivity index (χ1n) is 15.0. The molecule has 3 aromatic rings. The first kappa shape index (κ1) is 31.5. The van der Waals surface area contributed by atoms with Gasteiger partial charge in [0.25, 0.3) is 5.91 Å². The van der Waals surface area contributed by atoms with E-state index in [9.17, 15) is 9.90 Å². The molecule has 1 saturated carbocycles. The summed E-state index contributed by atoms with van der Waals surface area (Å²) in [5, 5.41) is 21.0. The first-order valence-corrected chi connectivity index (χ1v) is 15.9. The fraction of sp³-hybridized carbons (Fsp3) is 0.545. The Morgan fingerprint density at radius 3 is 2.63 bits per heavy atom. The third-order valence-electron chi connectivity index (χ3n) is 8.27. The number of pyridine rings is 1. The molecule has 3 atom stereocenters. The number of nitrogens with one attached hydrogen (secondary N) is 2. The van der Waals surface area contributed by atoms with Crippen molar-refractivity contribution in [1.82, 2.24) is 20.6 Å². The van der Waals surface area contributed by atoms with Crippen LogP contribution in [0, 0.1) is 5.41 Å². The molecule has 1 amide bonds. The van der Waals surface area contributed by atoms with Crippen LogP contribution in [0.2, 0.25) is 0 Å². The smallest absolute Gasteiger partial charge is 0.277 e. The standard InChI is InChI=1S/C33H44N4O5S/c1-32(2,3)17-22-15-24-26(18-33(10-7-11-33)42-29(24)36-19-22)35-20-27(38)25(37-28(39)31(40-4)41-5)16-21-8-6-9-23(14-21)30-34-12-13-43-30/h6,8-9,12-15,19,25-27,31,35,38H,7,10-11,16-18,20H2,1-5H3,(H,37,39)/t25-,26-,27+/m0/s1. The lowest BCUT2D eigenvalue weighted by Crippen LogP contribution is -2.53. The Labute approximate surface area is 258 Å². The van der Waals surface area contributed by atoms with Gasteiger partial charge in [-0.3, -0.25) is 4.79 Å². The van der Waals surface area contributed by atoms with Crippen molar-refractivity contribution in [2.75, 3.05) is 20.8 Å². The number of nitrogens with zero attached hydrogens (tertiary/aromatic N) is 2. The SMILES string of the molecule is COC(OC)C(=O)N[C@@H](Cc1cccc(-c2nccs2)c1)[C@H](O)CN[C@H]1CC2(CCC2)Oc2ncc(CC(C)(C)C)cc21. The van der Waals surface area contributed by atoms with E-state index in [0.29, 0.717) is 12.3 Å². The second-order valence-corrected chi connectivity index (χ2v) is 13.9. The van der Waals surface area contributed by atoms with Gasteiger partial charge in [0.15, 0.2) is 0 Å². The quantitative estimate of drug-likeness (QED) is 0.251. The molecule has 3 N–H and O–H groups in total. The molecule has 232 valence electrons. The Morgan fingerprint density at radius 2 is 1.98 bits per heavy atom. The van der Waals surface area contributed by atoms with Gasteiger partial charge in [0.05, 0.1) is 12.1 Å². The molecule has 9 nitrogen and oxygen atoms in total. The molecule has 0 radical (unpaired) electrons. The van der Waals surface area contributed by atoms with E-state index in [4.69, 9.17) is 19.2 Å². The third-order valence-corrected chi connectivity index (χ3v) is 9.09. The molecule has 1 aromatic carbocycles. The molecule has 3 heterocycles. The average Bonchev–Trinajstić information content (AvgIpc) is 3.50. The van der Waals surface area contributed by atoms with Crippen molar-refractivity contribution in [3.63, 3.8) is 0 Å². The van der Waals surface area contributed by atoms with Gasteiger partial charge in [-0.25, -0.2) is 9.97 Å². The number of aliphatic hydroxyl groups excluding tert-OH is 1. The van der Waals surface area contributed by atoms with Gasteiger partial charge >= 0.3 is 0 Å². The molecule has 1 aliphatic carbocycles. The second-order valence-electron chi connectivity index (χ2n) is 13.0. The summed E-state index contributed by atoms with van der Waals surface area (Å²) < 4.78 is 16.8. The van der Waals surface area contributed by atoms with Gasteiger partial charge in [0, 0.05) is 62.1 Å². The predicted molar refractivity (Wildman–Crippen MR) is 167 cm³/mol. The Morgan fingerprint density at radius 1 is 1.19 bits per heavy atom. The number of aliphatic hydroxyl groups is 1. The molecule has 2 aliphatic rings. The molecule has 1 fully saturated rings. The third kappa shape index (κ3) is 7.80. The lowest BCUT2D eigenvalue weighted by Gasteiger charge is -2.47. The van der Waals surface area contributed by atoms with E-state index in [1.54, 1.807) is 17.5 Å². The van der Waals surface area contributed by atoms with E-state index >= 15 is 0 Å². The molecule has 43 heavy (non-hydrogen) atoms. The van der Waals surface area contributed by atoms with Gasteiger partial charge in [-0.1, -0.05) is 39.0 Å². The Hall–Kier alpha value is -2.89. The predicted octanol–water partition coefficient (Wildman–Crippen LogP) is 4.84. The van der Waals surface area contributed by atoms with Crippen LogP contribution < -0.4 is 15.4 Å². The van der Waals surface area contributed by atoms with Crippen molar-refractivity contribution < 1.29 is 24.1 Å². The number of rotatable bonds is 12. The normalized spacial score (nSPS) is 18.9. The number of methoxy groups -OCH3 is 2. The summed E-state index contributed by atoms with van der Waals surface area (Å²) in [5.74, 6) is 0.244. The fourth-order valence-electron chi connectivity index (χ4n) is 6.05. The van der Waals surface area contributed by atoms with Crippen LogP contribution in [-0.2, 0) is 27.1 Å². The highest BCUT2D eigenvalue weighted by molar-refractivity contribution is 7.13. The van der Waals surface area contributed by atoms with Crippen LogP contribution in [0.25, 0.3) is 10.6 Å². The van der Waals surface area contributed by atoms with Gasteiger partial charge in [0.2, 0.25) is 12.2 Å². The van der Waals surface area contributed by atoms with Gasteiger partial charge in [-0.2, -0.15) is 0 Å². The zero-order valence-corrected chi connectivity index (χ0v) is 26.6. The summed E-state index contributed by atoms with van der Waals surface area (Å²) in [5.41, 5.74) is 4.10. The van der Waals surface area contributed by atoms with Crippen molar-refractivity contribution >= 4 is 17.2 Å². The molecule has 1 spiro atoms. The van der Waals surface area contributed by atoms with Gasteiger partial charge in [-0.15, -0.1) is 11.3 Å². The van der Waals surface area contributed by atoms with Gasteiger partial charge in [-0.05, 0) is 60.8 Å². The summed E-state index contributed by atoms with van der Waals surface area (Å²) in [6.45, 7) is 6.93. The number of thiazole rings is 1. The largest absolute Gasteiger partial charge is 0.471 e. The number of benzene rings is 1. The lowest BCUT2D eigenvalue weighted by atomic mass is 9.73. The summed E-state index contributed by atoms with van der Waals surface area (Å²) >= 11 is 1.57. The second kappa shape index (κ2) is 13.4. The van der Waals surface area contributed by atoms with Crippen molar-refractivity contribution in [2.45, 2.75) is 89.4 Å². The summed E-state index contributed by atoms with van der Waals surface area (Å²) in [6.07, 6.45) is 7.03. The number of fused-ring (bicyclic) bond motifs is 1. The number of hydrogen-bond donors (Lipinski definition) is 3. The molecule has 1 aliphatic heterocycles. The van der Waals surface area contributed by atoms with E-state index in [1.165, 1.54) is 19.8 Å². The first-order chi connectivity index (χ1) is 20.6. The molecule has 2 aromatic heterocycles. The summed E-state index contributed by atoms with van der Waals surface area (Å²) in [7, 11) is 2.83. The van der Waals surface area contributed by atoms with E-state index in [1.807, 2.05) is 29.8 Å².